The average molecular weight is 312 g/mol. The van der Waals surface area contributed by atoms with Crippen LogP contribution >= 0.6 is 11.6 Å². The summed E-state index contributed by atoms with van der Waals surface area (Å²) in [5, 5.41) is 15.0. The summed E-state index contributed by atoms with van der Waals surface area (Å²) in [5.74, 6) is 0.711. The number of nitro benzene ring substituents is 1. The molecule has 1 aliphatic heterocycles. The SMILES string of the molecule is CCNCC1CCN(Cc2c(Cl)cccc2[N+](=O)[O-])CC1. The Morgan fingerprint density at radius 3 is 2.76 bits per heavy atom. The largest absolute Gasteiger partial charge is 0.317 e. The zero-order chi connectivity index (χ0) is 15.2. The molecule has 1 fully saturated rings. The first-order chi connectivity index (χ1) is 10.1. The summed E-state index contributed by atoms with van der Waals surface area (Å²) in [7, 11) is 0. The van der Waals surface area contributed by atoms with Crippen LogP contribution in [-0.4, -0.2) is 36.0 Å². The highest BCUT2D eigenvalue weighted by atomic mass is 35.5. The van der Waals surface area contributed by atoms with E-state index in [0.717, 1.165) is 39.0 Å². The Kier molecular flexibility index (Phi) is 5.96. The third kappa shape index (κ3) is 4.40. The fourth-order valence-electron chi connectivity index (χ4n) is 2.80. The molecule has 1 aromatic carbocycles. The molecule has 0 spiro atoms. The lowest BCUT2D eigenvalue weighted by atomic mass is 9.96. The van der Waals surface area contributed by atoms with E-state index in [9.17, 15) is 10.1 Å². The molecule has 0 amide bonds. The highest BCUT2D eigenvalue weighted by Gasteiger charge is 2.23. The molecule has 0 aliphatic carbocycles. The molecule has 0 saturated carbocycles. The molecule has 1 aromatic rings. The minimum absolute atomic E-state index is 0.122. The summed E-state index contributed by atoms with van der Waals surface area (Å²) < 4.78 is 0. The van der Waals surface area contributed by atoms with Gasteiger partial charge in [0.05, 0.1) is 15.5 Å². The lowest BCUT2D eigenvalue weighted by Crippen LogP contribution is -2.37. The standard InChI is InChI=1S/C15H22ClN3O2/c1-2-17-10-12-6-8-18(9-7-12)11-13-14(16)4-3-5-15(13)19(20)21/h3-5,12,17H,2,6-11H2,1H3. The monoisotopic (exact) mass is 311 g/mol. The maximum atomic E-state index is 11.1. The van der Waals surface area contributed by atoms with Crippen LogP contribution in [0.5, 0.6) is 0 Å². The molecule has 21 heavy (non-hydrogen) atoms. The van der Waals surface area contributed by atoms with Gasteiger partial charge in [0.2, 0.25) is 0 Å². The van der Waals surface area contributed by atoms with Gasteiger partial charge in [-0.2, -0.15) is 0 Å². The van der Waals surface area contributed by atoms with Crippen LogP contribution in [0.25, 0.3) is 0 Å². The first-order valence-electron chi connectivity index (χ1n) is 7.46. The van der Waals surface area contributed by atoms with Gasteiger partial charge < -0.3 is 5.32 Å². The summed E-state index contributed by atoms with van der Waals surface area (Å²) in [6, 6.07) is 4.88. The molecule has 2 rings (SSSR count). The van der Waals surface area contributed by atoms with Gasteiger partial charge in [-0.25, -0.2) is 0 Å². The van der Waals surface area contributed by atoms with Crippen LogP contribution in [0.3, 0.4) is 0 Å². The molecule has 116 valence electrons. The molecule has 0 bridgehead atoms. The fraction of sp³-hybridized carbons (Fsp3) is 0.600. The van der Waals surface area contributed by atoms with Gasteiger partial charge in [-0.1, -0.05) is 24.6 Å². The van der Waals surface area contributed by atoms with Crippen molar-refractivity contribution in [3.63, 3.8) is 0 Å². The van der Waals surface area contributed by atoms with Gasteiger partial charge in [0.1, 0.15) is 0 Å². The van der Waals surface area contributed by atoms with E-state index >= 15 is 0 Å². The van der Waals surface area contributed by atoms with Crippen LogP contribution in [0, 0.1) is 16.0 Å². The quantitative estimate of drug-likeness (QED) is 0.648. The van der Waals surface area contributed by atoms with E-state index in [1.807, 2.05) is 0 Å². The molecule has 0 aromatic heterocycles. The zero-order valence-corrected chi connectivity index (χ0v) is 13.1. The predicted molar refractivity (Wildman–Crippen MR) is 84.7 cm³/mol. The van der Waals surface area contributed by atoms with E-state index in [-0.39, 0.29) is 10.6 Å². The van der Waals surface area contributed by atoms with Crippen molar-refractivity contribution in [2.75, 3.05) is 26.2 Å². The Morgan fingerprint density at radius 1 is 1.43 bits per heavy atom. The molecule has 1 N–H and O–H groups in total. The number of nitrogens with zero attached hydrogens (tertiary/aromatic N) is 2. The van der Waals surface area contributed by atoms with Crippen LogP contribution in [0.15, 0.2) is 18.2 Å². The molecular formula is C15H22ClN3O2. The normalized spacial score (nSPS) is 17.0. The van der Waals surface area contributed by atoms with Crippen LogP contribution in [-0.2, 0) is 6.54 Å². The second-order valence-electron chi connectivity index (χ2n) is 5.52. The lowest BCUT2D eigenvalue weighted by Gasteiger charge is -2.32. The Labute approximate surface area is 130 Å². The number of rotatable bonds is 6. The fourth-order valence-corrected chi connectivity index (χ4v) is 3.02. The first kappa shape index (κ1) is 16.2. The van der Waals surface area contributed by atoms with Crippen molar-refractivity contribution in [1.82, 2.24) is 10.2 Å². The van der Waals surface area contributed by atoms with E-state index in [4.69, 9.17) is 11.6 Å². The average Bonchev–Trinajstić information content (AvgIpc) is 2.48. The number of hydrogen-bond donors (Lipinski definition) is 1. The van der Waals surface area contributed by atoms with Gasteiger partial charge >= 0.3 is 0 Å². The van der Waals surface area contributed by atoms with Crippen molar-refractivity contribution < 1.29 is 4.92 Å². The van der Waals surface area contributed by atoms with Crippen molar-refractivity contribution in [3.8, 4) is 0 Å². The van der Waals surface area contributed by atoms with Crippen molar-refractivity contribution in [3.05, 3.63) is 38.9 Å². The van der Waals surface area contributed by atoms with Crippen LogP contribution < -0.4 is 5.32 Å². The number of hydrogen-bond acceptors (Lipinski definition) is 4. The van der Waals surface area contributed by atoms with E-state index in [1.54, 1.807) is 12.1 Å². The van der Waals surface area contributed by atoms with Gasteiger partial charge in [-0.15, -0.1) is 0 Å². The Morgan fingerprint density at radius 2 is 2.14 bits per heavy atom. The van der Waals surface area contributed by atoms with Crippen molar-refractivity contribution in [2.45, 2.75) is 26.3 Å². The van der Waals surface area contributed by atoms with Crippen LogP contribution in [0.2, 0.25) is 5.02 Å². The summed E-state index contributed by atoms with van der Waals surface area (Å²) in [6.07, 6.45) is 2.26. The van der Waals surface area contributed by atoms with Crippen molar-refractivity contribution in [2.24, 2.45) is 5.92 Å². The van der Waals surface area contributed by atoms with E-state index in [1.165, 1.54) is 6.07 Å². The minimum atomic E-state index is -0.348. The van der Waals surface area contributed by atoms with Crippen LogP contribution in [0.4, 0.5) is 5.69 Å². The lowest BCUT2D eigenvalue weighted by molar-refractivity contribution is -0.385. The number of benzene rings is 1. The number of nitro groups is 1. The summed E-state index contributed by atoms with van der Waals surface area (Å²) >= 11 is 6.15. The van der Waals surface area contributed by atoms with E-state index in [0.29, 0.717) is 23.0 Å². The molecule has 0 atom stereocenters. The molecule has 6 heteroatoms. The van der Waals surface area contributed by atoms with Gasteiger partial charge in [-0.05, 0) is 51.0 Å². The molecular weight excluding hydrogens is 290 g/mol. The van der Waals surface area contributed by atoms with Crippen LogP contribution in [0.1, 0.15) is 25.3 Å². The molecule has 1 aliphatic rings. The Bertz CT molecular complexity index is 488. The van der Waals surface area contributed by atoms with Gasteiger partial charge in [0, 0.05) is 12.6 Å². The first-order valence-corrected chi connectivity index (χ1v) is 7.84. The summed E-state index contributed by atoms with van der Waals surface area (Å²) in [4.78, 5) is 13.0. The number of halogens is 1. The molecule has 1 heterocycles. The van der Waals surface area contributed by atoms with Gasteiger partial charge in [0.15, 0.2) is 0 Å². The second kappa shape index (κ2) is 7.73. The summed E-state index contributed by atoms with van der Waals surface area (Å²) in [5.41, 5.74) is 0.756. The predicted octanol–water partition coefficient (Wildman–Crippen LogP) is 3.07. The van der Waals surface area contributed by atoms with Crippen molar-refractivity contribution >= 4 is 17.3 Å². The highest BCUT2D eigenvalue weighted by molar-refractivity contribution is 6.31. The zero-order valence-electron chi connectivity index (χ0n) is 12.3. The Hall–Kier alpha value is -1.17. The molecule has 0 radical (unpaired) electrons. The topological polar surface area (TPSA) is 58.4 Å². The maximum absolute atomic E-state index is 11.1. The Balaban J connectivity index is 1.96. The molecule has 5 nitrogen and oxygen atoms in total. The minimum Gasteiger partial charge on any atom is -0.317 e. The number of piperidine rings is 1. The van der Waals surface area contributed by atoms with Gasteiger partial charge in [-0.3, -0.25) is 15.0 Å². The maximum Gasteiger partial charge on any atom is 0.275 e. The highest BCUT2D eigenvalue weighted by Crippen LogP contribution is 2.29. The third-order valence-electron chi connectivity index (χ3n) is 4.06. The van der Waals surface area contributed by atoms with Crippen molar-refractivity contribution in [1.29, 1.82) is 0 Å². The number of likely N-dealkylation sites (tertiary alicyclic amines) is 1. The molecule has 0 unspecified atom stereocenters. The third-order valence-corrected chi connectivity index (χ3v) is 4.42. The van der Waals surface area contributed by atoms with Gasteiger partial charge in [0.25, 0.3) is 5.69 Å². The smallest absolute Gasteiger partial charge is 0.275 e. The van der Waals surface area contributed by atoms with E-state index in [2.05, 4.69) is 17.1 Å². The number of nitrogens with one attached hydrogen (secondary N) is 1. The summed E-state index contributed by atoms with van der Waals surface area (Å²) in [6.45, 7) is 6.69. The van der Waals surface area contributed by atoms with E-state index < -0.39 is 0 Å². The second-order valence-corrected chi connectivity index (χ2v) is 5.93. The molecule has 1 saturated heterocycles.